The number of urea groups is 1. The van der Waals surface area contributed by atoms with E-state index in [1.54, 1.807) is 12.1 Å². The maximum Gasteiger partial charge on any atom is 0.321 e. The number of rotatable bonds is 7. The highest BCUT2D eigenvalue weighted by molar-refractivity contribution is 7.88. The number of morpholine rings is 1. The van der Waals surface area contributed by atoms with Gasteiger partial charge in [-0.05, 0) is 31.5 Å². The molecule has 10 heteroatoms. The van der Waals surface area contributed by atoms with Gasteiger partial charge in [-0.25, -0.2) is 17.6 Å². The van der Waals surface area contributed by atoms with Crippen molar-refractivity contribution < 1.29 is 22.3 Å². The second-order valence-electron chi connectivity index (χ2n) is 7.48. The summed E-state index contributed by atoms with van der Waals surface area (Å²) < 4.78 is 45.3. The molecule has 0 spiro atoms. The summed E-state index contributed by atoms with van der Waals surface area (Å²) in [5.41, 5.74) is 0.117. The van der Waals surface area contributed by atoms with Gasteiger partial charge >= 0.3 is 6.03 Å². The van der Waals surface area contributed by atoms with Crippen molar-refractivity contribution in [3.8, 4) is 0 Å². The largest absolute Gasteiger partial charge is 0.379 e. The van der Waals surface area contributed by atoms with Crippen LogP contribution in [0.4, 0.5) is 14.9 Å². The SMILES string of the molecule is CS(=O)(=O)N(CCCN1CCOCC1)C1CCN(C(=O)Nc2ccccc2F)C1. The van der Waals surface area contributed by atoms with Crippen molar-refractivity contribution in [2.75, 3.05) is 64.1 Å². The molecular weight excluding hydrogens is 399 g/mol. The molecule has 29 heavy (non-hydrogen) atoms. The van der Waals surface area contributed by atoms with Gasteiger partial charge in [0.15, 0.2) is 0 Å². The lowest BCUT2D eigenvalue weighted by atomic mass is 10.2. The first-order chi connectivity index (χ1) is 13.8. The van der Waals surface area contributed by atoms with Gasteiger partial charge in [0.2, 0.25) is 10.0 Å². The lowest BCUT2D eigenvalue weighted by Crippen LogP contribution is -2.44. The fraction of sp³-hybridized carbons (Fsp3) is 0.632. The highest BCUT2D eigenvalue weighted by atomic mass is 32.2. The zero-order valence-electron chi connectivity index (χ0n) is 16.7. The second-order valence-corrected chi connectivity index (χ2v) is 9.41. The molecule has 2 amide bonds. The fourth-order valence-corrected chi connectivity index (χ4v) is 4.99. The molecular formula is C19H29FN4O4S. The lowest BCUT2D eigenvalue weighted by Gasteiger charge is -2.30. The molecule has 2 aliphatic heterocycles. The summed E-state index contributed by atoms with van der Waals surface area (Å²) in [6.45, 7) is 5.13. The van der Waals surface area contributed by atoms with Gasteiger partial charge in [-0.2, -0.15) is 4.31 Å². The summed E-state index contributed by atoms with van der Waals surface area (Å²) in [5.74, 6) is -0.502. The molecule has 0 aliphatic carbocycles. The van der Waals surface area contributed by atoms with Crippen LogP contribution in [-0.2, 0) is 14.8 Å². The third-order valence-electron chi connectivity index (χ3n) is 5.36. The maximum atomic E-state index is 13.8. The minimum absolute atomic E-state index is 0.117. The number of benzene rings is 1. The van der Waals surface area contributed by atoms with E-state index in [0.717, 1.165) is 26.1 Å². The van der Waals surface area contributed by atoms with E-state index in [1.165, 1.54) is 27.6 Å². The Morgan fingerprint density at radius 2 is 2.00 bits per heavy atom. The summed E-state index contributed by atoms with van der Waals surface area (Å²) in [4.78, 5) is 16.3. The molecule has 1 atom stereocenters. The van der Waals surface area contributed by atoms with Crippen molar-refractivity contribution in [3.05, 3.63) is 30.1 Å². The van der Waals surface area contributed by atoms with Crippen LogP contribution in [0, 0.1) is 5.82 Å². The first-order valence-corrected chi connectivity index (χ1v) is 11.8. The Hall–Kier alpha value is -1.75. The van der Waals surface area contributed by atoms with Crippen molar-refractivity contribution in [3.63, 3.8) is 0 Å². The number of hydrogen-bond acceptors (Lipinski definition) is 5. The zero-order valence-corrected chi connectivity index (χ0v) is 17.5. The van der Waals surface area contributed by atoms with Crippen LogP contribution in [0.1, 0.15) is 12.8 Å². The fourth-order valence-electron chi connectivity index (χ4n) is 3.81. The minimum atomic E-state index is -3.39. The van der Waals surface area contributed by atoms with Gasteiger partial charge in [-0.1, -0.05) is 12.1 Å². The summed E-state index contributed by atoms with van der Waals surface area (Å²) in [7, 11) is -3.39. The van der Waals surface area contributed by atoms with E-state index in [0.29, 0.717) is 39.3 Å². The number of likely N-dealkylation sites (tertiary alicyclic amines) is 1. The van der Waals surface area contributed by atoms with E-state index in [9.17, 15) is 17.6 Å². The molecule has 0 bridgehead atoms. The summed E-state index contributed by atoms with van der Waals surface area (Å²) in [6.07, 6.45) is 2.50. The number of sulfonamides is 1. The Morgan fingerprint density at radius 1 is 1.28 bits per heavy atom. The van der Waals surface area contributed by atoms with E-state index < -0.39 is 21.9 Å². The summed E-state index contributed by atoms with van der Waals surface area (Å²) in [6, 6.07) is 5.29. The quantitative estimate of drug-likeness (QED) is 0.710. The van der Waals surface area contributed by atoms with Crippen LogP contribution in [0.5, 0.6) is 0 Å². The molecule has 3 rings (SSSR count). The van der Waals surface area contributed by atoms with Crippen LogP contribution in [0.25, 0.3) is 0 Å². The molecule has 2 heterocycles. The monoisotopic (exact) mass is 428 g/mol. The molecule has 8 nitrogen and oxygen atoms in total. The van der Waals surface area contributed by atoms with E-state index in [2.05, 4.69) is 10.2 Å². The number of ether oxygens (including phenoxy) is 1. The van der Waals surface area contributed by atoms with Crippen LogP contribution >= 0.6 is 0 Å². The van der Waals surface area contributed by atoms with Gasteiger partial charge in [0.05, 0.1) is 25.2 Å². The van der Waals surface area contributed by atoms with Crippen molar-refractivity contribution in [1.82, 2.24) is 14.1 Å². The Kier molecular flexibility index (Phi) is 7.44. The number of para-hydroxylation sites is 1. The predicted molar refractivity (Wildman–Crippen MR) is 109 cm³/mol. The van der Waals surface area contributed by atoms with Crippen molar-refractivity contribution in [1.29, 1.82) is 0 Å². The van der Waals surface area contributed by atoms with Gasteiger partial charge in [-0.3, -0.25) is 4.90 Å². The number of halogens is 1. The Labute approximate surface area is 171 Å². The van der Waals surface area contributed by atoms with Crippen molar-refractivity contribution >= 4 is 21.7 Å². The van der Waals surface area contributed by atoms with Crippen LogP contribution in [0.15, 0.2) is 24.3 Å². The van der Waals surface area contributed by atoms with Gasteiger partial charge in [0.1, 0.15) is 5.82 Å². The van der Waals surface area contributed by atoms with Gasteiger partial charge in [-0.15, -0.1) is 0 Å². The molecule has 0 aromatic heterocycles. The number of hydrogen-bond donors (Lipinski definition) is 1. The molecule has 1 N–H and O–H groups in total. The average molecular weight is 429 g/mol. The molecule has 162 valence electrons. The summed E-state index contributed by atoms with van der Waals surface area (Å²) in [5, 5.41) is 2.56. The minimum Gasteiger partial charge on any atom is -0.379 e. The third-order valence-corrected chi connectivity index (χ3v) is 6.69. The third kappa shape index (κ3) is 6.11. The van der Waals surface area contributed by atoms with Crippen molar-refractivity contribution in [2.45, 2.75) is 18.9 Å². The van der Waals surface area contributed by atoms with Gasteiger partial charge in [0.25, 0.3) is 0 Å². The average Bonchev–Trinajstić information content (AvgIpc) is 3.16. The van der Waals surface area contributed by atoms with Crippen LogP contribution < -0.4 is 5.32 Å². The molecule has 1 aromatic carbocycles. The van der Waals surface area contributed by atoms with E-state index in [-0.39, 0.29) is 11.7 Å². The highest BCUT2D eigenvalue weighted by Crippen LogP contribution is 2.21. The standard InChI is InChI=1S/C19H29FN4O4S/c1-29(26,27)24(9-4-8-22-11-13-28-14-12-22)16-7-10-23(15-16)19(25)21-18-6-3-2-5-17(18)20/h2-3,5-6,16H,4,7-15H2,1H3,(H,21,25). The molecule has 0 saturated carbocycles. The van der Waals surface area contributed by atoms with Gasteiger partial charge in [0, 0.05) is 38.8 Å². The number of nitrogens with one attached hydrogen (secondary N) is 1. The molecule has 0 radical (unpaired) electrons. The number of amides is 2. The highest BCUT2D eigenvalue weighted by Gasteiger charge is 2.34. The first kappa shape index (κ1) is 21.9. The number of nitrogens with zero attached hydrogens (tertiary/aromatic N) is 3. The van der Waals surface area contributed by atoms with Crippen molar-refractivity contribution in [2.24, 2.45) is 0 Å². The number of carbonyl (C=O) groups is 1. The normalized spacial score (nSPS) is 20.9. The molecule has 2 fully saturated rings. The molecule has 1 unspecified atom stereocenters. The second kappa shape index (κ2) is 9.84. The first-order valence-electron chi connectivity index (χ1n) is 9.92. The van der Waals surface area contributed by atoms with E-state index in [1.807, 2.05) is 0 Å². The van der Waals surface area contributed by atoms with E-state index >= 15 is 0 Å². The van der Waals surface area contributed by atoms with Crippen LogP contribution in [0.2, 0.25) is 0 Å². The zero-order chi connectivity index (χ0) is 20.9. The summed E-state index contributed by atoms with van der Waals surface area (Å²) >= 11 is 0. The Morgan fingerprint density at radius 3 is 2.69 bits per heavy atom. The Balaban J connectivity index is 1.54. The lowest BCUT2D eigenvalue weighted by molar-refractivity contribution is 0.0366. The topological polar surface area (TPSA) is 82.2 Å². The predicted octanol–water partition coefficient (Wildman–Crippen LogP) is 1.42. The number of anilines is 1. The van der Waals surface area contributed by atoms with Crippen LogP contribution in [-0.4, -0.2) is 93.3 Å². The molecule has 1 aromatic rings. The molecule has 2 aliphatic rings. The van der Waals surface area contributed by atoms with E-state index in [4.69, 9.17) is 4.74 Å². The Bertz CT molecular complexity index is 801. The van der Waals surface area contributed by atoms with Gasteiger partial charge < -0.3 is 15.0 Å². The molecule has 2 saturated heterocycles. The van der Waals surface area contributed by atoms with Crippen LogP contribution in [0.3, 0.4) is 0 Å². The smallest absolute Gasteiger partial charge is 0.321 e. The maximum absolute atomic E-state index is 13.8. The number of carbonyl (C=O) groups excluding carboxylic acids is 1.